The Balaban J connectivity index is 2.07. The summed E-state index contributed by atoms with van der Waals surface area (Å²) in [4.78, 5) is 24.4. The van der Waals surface area contributed by atoms with Crippen LogP contribution >= 0.6 is 0 Å². The molecule has 0 radical (unpaired) electrons. The van der Waals surface area contributed by atoms with Gasteiger partial charge in [0, 0.05) is 24.8 Å². The van der Waals surface area contributed by atoms with E-state index in [1.807, 2.05) is 0 Å². The predicted octanol–water partition coefficient (Wildman–Crippen LogP) is 1.06. The van der Waals surface area contributed by atoms with Crippen molar-refractivity contribution in [2.45, 2.75) is 6.92 Å². The molecule has 1 unspecified atom stereocenters. The molecule has 1 aromatic carbocycles. The van der Waals surface area contributed by atoms with Gasteiger partial charge in [-0.25, -0.2) is 0 Å². The van der Waals surface area contributed by atoms with Gasteiger partial charge >= 0.3 is 5.97 Å². The Morgan fingerprint density at radius 1 is 1.24 bits per heavy atom. The molecule has 2 aromatic rings. The minimum absolute atomic E-state index is 0.168. The van der Waals surface area contributed by atoms with Gasteiger partial charge in [-0.2, -0.15) is 0 Å². The third kappa shape index (κ3) is 3.44. The van der Waals surface area contributed by atoms with Crippen LogP contribution in [0.25, 0.3) is 5.69 Å². The van der Waals surface area contributed by atoms with E-state index in [1.165, 1.54) is 4.90 Å². The number of carbonyl (C=O) groups is 2. The SMILES string of the molecule is CC(CN(C)C(=O)c1ccc(-n2cnnc2)cc1)C(=O)O. The third-order valence-electron chi connectivity index (χ3n) is 3.15. The molecule has 21 heavy (non-hydrogen) atoms. The molecule has 110 valence electrons. The second kappa shape index (κ2) is 6.17. The fourth-order valence-corrected chi connectivity index (χ4v) is 1.90. The van der Waals surface area contributed by atoms with Crippen molar-refractivity contribution in [3.05, 3.63) is 42.5 Å². The maximum atomic E-state index is 12.2. The van der Waals surface area contributed by atoms with Crippen molar-refractivity contribution in [2.75, 3.05) is 13.6 Å². The molecule has 0 aliphatic rings. The minimum Gasteiger partial charge on any atom is -0.481 e. The summed E-state index contributed by atoms with van der Waals surface area (Å²) in [6, 6.07) is 6.95. The Hall–Kier alpha value is -2.70. The standard InChI is InChI=1S/C14H16N4O3/c1-10(14(20)21)7-17(2)13(19)11-3-5-12(6-4-11)18-8-15-16-9-18/h3-6,8-10H,7H2,1-2H3,(H,20,21). The Morgan fingerprint density at radius 2 is 1.81 bits per heavy atom. The van der Waals surface area contributed by atoms with Gasteiger partial charge in [-0.1, -0.05) is 6.92 Å². The average molecular weight is 288 g/mol. The molecule has 7 heteroatoms. The summed E-state index contributed by atoms with van der Waals surface area (Å²) in [7, 11) is 1.59. The number of hydrogen-bond acceptors (Lipinski definition) is 4. The van der Waals surface area contributed by atoms with E-state index in [0.717, 1.165) is 5.69 Å². The molecule has 1 aromatic heterocycles. The van der Waals surface area contributed by atoms with Gasteiger partial charge in [0.2, 0.25) is 0 Å². The number of nitrogens with zero attached hydrogens (tertiary/aromatic N) is 4. The lowest BCUT2D eigenvalue weighted by atomic mass is 10.1. The van der Waals surface area contributed by atoms with Crippen molar-refractivity contribution in [1.82, 2.24) is 19.7 Å². The first-order valence-corrected chi connectivity index (χ1v) is 6.42. The maximum absolute atomic E-state index is 12.2. The van der Waals surface area contributed by atoms with Crippen molar-refractivity contribution in [3.8, 4) is 5.69 Å². The van der Waals surface area contributed by atoms with Crippen LogP contribution < -0.4 is 0 Å². The highest BCUT2D eigenvalue weighted by Gasteiger charge is 2.18. The first-order valence-electron chi connectivity index (χ1n) is 6.42. The molecule has 0 fully saturated rings. The molecule has 0 spiro atoms. The second-order valence-electron chi connectivity index (χ2n) is 4.84. The van der Waals surface area contributed by atoms with E-state index in [1.54, 1.807) is 55.5 Å². The number of carbonyl (C=O) groups excluding carboxylic acids is 1. The Labute approximate surface area is 121 Å². The lowest BCUT2D eigenvalue weighted by molar-refractivity contribution is -0.141. The molecule has 2 rings (SSSR count). The summed E-state index contributed by atoms with van der Waals surface area (Å²) in [6.07, 6.45) is 3.13. The molecule has 0 bridgehead atoms. The summed E-state index contributed by atoms with van der Waals surface area (Å²) >= 11 is 0. The van der Waals surface area contributed by atoms with E-state index >= 15 is 0 Å². The fourth-order valence-electron chi connectivity index (χ4n) is 1.90. The largest absolute Gasteiger partial charge is 0.481 e. The van der Waals surface area contributed by atoms with Crippen LogP contribution in [-0.4, -0.2) is 50.2 Å². The van der Waals surface area contributed by atoms with Crippen molar-refractivity contribution in [1.29, 1.82) is 0 Å². The molecule has 0 aliphatic carbocycles. The molecule has 7 nitrogen and oxygen atoms in total. The number of carboxylic acid groups (broad SMARTS) is 1. The minimum atomic E-state index is -0.919. The number of rotatable bonds is 5. The average Bonchev–Trinajstić information content (AvgIpc) is 3.00. The molecule has 1 N–H and O–H groups in total. The molecule has 1 amide bonds. The molecule has 1 atom stereocenters. The van der Waals surface area contributed by atoms with Crippen LogP contribution in [0.15, 0.2) is 36.9 Å². The Morgan fingerprint density at radius 3 is 2.33 bits per heavy atom. The van der Waals surface area contributed by atoms with E-state index in [-0.39, 0.29) is 12.5 Å². The van der Waals surface area contributed by atoms with E-state index in [0.29, 0.717) is 5.56 Å². The number of amides is 1. The maximum Gasteiger partial charge on any atom is 0.308 e. The van der Waals surface area contributed by atoms with Gasteiger partial charge in [-0.3, -0.25) is 14.2 Å². The monoisotopic (exact) mass is 288 g/mol. The molecule has 1 heterocycles. The van der Waals surface area contributed by atoms with Crippen LogP contribution in [0.5, 0.6) is 0 Å². The van der Waals surface area contributed by atoms with Gasteiger partial charge in [0.1, 0.15) is 12.7 Å². The van der Waals surface area contributed by atoms with Crippen molar-refractivity contribution in [3.63, 3.8) is 0 Å². The molecular formula is C14H16N4O3. The summed E-state index contributed by atoms with van der Waals surface area (Å²) in [5.74, 6) is -1.73. The van der Waals surface area contributed by atoms with Crippen LogP contribution in [0.4, 0.5) is 0 Å². The van der Waals surface area contributed by atoms with Crippen LogP contribution in [0.1, 0.15) is 17.3 Å². The van der Waals surface area contributed by atoms with E-state index in [4.69, 9.17) is 5.11 Å². The summed E-state index contributed by atoms with van der Waals surface area (Å²) in [5.41, 5.74) is 1.35. The van der Waals surface area contributed by atoms with E-state index in [9.17, 15) is 9.59 Å². The number of aliphatic carboxylic acids is 1. The lowest BCUT2D eigenvalue weighted by Crippen LogP contribution is -2.33. The Bertz CT molecular complexity index is 622. The van der Waals surface area contributed by atoms with Crippen molar-refractivity contribution in [2.24, 2.45) is 5.92 Å². The molecule has 0 aliphatic heterocycles. The summed E-state index contributed by atoms with van der Waals surface area (Å²) < 4.78 is 1.73. The molecule has 0 saturated heterocycles. The van der Waals surface area contributed by atoms with Crippen molar-refractivity contribution >= 4 is 11.9 Å². The Kier molecular flexibility index (Phi) is 4.32. The summed E-state index contributed by atoms with van der Waals surface area (Å²) in [6.45, 7) is 1.74. The predicted molar refractivity (Wildman–Crippen MR) is 75.1 cm³/mol. The normalized spacial score (nSPS) is 11.9. The number of aromatic nitrogens is 3. The highest BCUT2D eigenvalue weighted by molar-refractivity contribution is 5.94. The zero-order valence-electron chi connectivity index (χ0n) is 11.8. The van der Waals surface area contributed by atoms with Crippen LogP contribution in [0.3, 0.4) is 0 Å². The molecular weight excluding hydrogens is 272 g/mol. The highest BCUT2D eigenvalue weighted by Crippen LogP contribution is 2.11. The van der Waals surface area contributed by atoms with Gasteiger partial charge in [-0.05, 0) is 24.3 Å². The zero-order chi connectivity index (χ0) is 15.4. The quantitative estimate of drug-likeness (QED) is 0.888. The molecule has 0 saturated carbocycles. The first kappa shape index (κ1) is 14.7. The highest BCUT2D eigenvalue weighted by atomic mass is 16.4. The van der Waals surface area contributed by atoms with Gasteiger partial charge < -0.3 is 10.0 Å². The van der Waals surface area contributed by atoms with Gasteiger partial charge in [0.25, 0.3) is 5.91 Å². The van der Waals surface area contributed by atoms with E-state index < -0.39 is 11.9 Å². The number of hydrogen-bond donors (Lipinski definition) is 1. The van der Waals surface area contributed by atoms with Crippen LogP contribution in [-0.2, 0) is 4.79 Å². The zero-order valence-corrected chi connectivity index (χ0v) is 11.8. The third-order valence-corrected chi connectivity index (χ3v) is 3.15. The number of carboxylic acids is 1. The second-order valence-corrected chi connectivity index (χ2v) is 4.84. The van der Waals surface area contributed by atoms with E-state index in [2.05, 4.69) is 10.2 Å². The topological polar surface area (TPSA) is 88.3 Å². The fraction of sp³-hybridized carbons (Fsp3) is 0.286. The van der Waals surface area contributed by atoms with Crippen LogP contribution in [0.2, 0.25) is 0 Å². The van der Waals surface area contributed by atoms with Gasteiger partial charge in [0.05, 0.1) is 5.92 Å². The van der Waals surface area contributed by atoms with Crippen molar-refractivity contribution < 1.29 is 14.7 Å². The van der Waals surface area contributed by atoms with Crippen LogP contribution in [0, 0.1) is 5.92 Å². The summed E-state index contributed by atoms with van der Waals surface area (Å²) in [5, 5.41) is 16.3. The smallest absolute Gasteiger partial charge is 0.308 e. The lowest BCUT2D eigenvalue weighted by Gasteiger charge is -2.19. The first-order chi connectivity index (χ1) is 9.99. The van der Waals surface area contributed by atoms with Gasteiger partial charge in [0.15, 0.2) is 0 Å². The number of benzene rings is 1. The van der Waals surface area contributed by atoms with Gasteiger partial charge in [-0.15, -0.1) is 10.2 Å².